The number of hydrogen-bond donors (Lipinski definition) is 1. The first-order chi connectivity index (χ1) is 7.20. The van der Waals surface area contributed by atoms with E-state index in [1.54, 1.807) is 0 Å². The molecule has 1 N–H and O–H groups in total. The van der Waals surface area contributed by atoms with Crippen LogP contribution in [0.4, 0.5) is 4.79 Å². The van der Waals surface area contributed by atoms with E-state index in [4.69, 9.17) is 17.0 Å². The van der Waals surface area contributed by atoms with E-state index in [0.29, 0.717) is 18.2 Å². The molecule has 0 aromatic rings. The average molecular weight is 231 g/mol. The van der Waals surface area contributed by atoms with Crippen molar-refractivity contribution in [1.82, 2.24) is 5.32 Å². The van der Waals surface area contributed by atoms with Gasteiger partial charge in [0, 0.05) is 6.42 Å². The van der Waals surface area contributed by atoms with Crippen molar-refractivity contribution >= 4 is 23.4 Å². The Labute approximate surface area is 95.6 Å². The average Bonchev–Trinajstić information content (AvgIpc) is 2.22. The predicted octanol–water partition coefficient (Wildman–Crippen LogP) is 2.04. The quantitative estimate of drug-likeness (QED) is 0.414. The van der Waals surface area contributed by atoms with Gasteiger partial charge in [-0.15, -0.1) is 0 Å². The Morgan fingerprint density at radius 1 is 1.53 bits per heavy atom. The van der Waals surface area contributed by atoms with Crippen LogP contribution in [0.15, 0.2) is 12.7 Å². The standard InChI is InChI=1S/C10H17NO3S/c1-3-5-9(15)13-8-6-11-10(12)14-7-4-2/h4H,2-3,5-8H2,1H3,(H,11,12). The third-order valence-corrected chi connectivity index (χ3v) is 1.74. The molecule has 0 aromatic heterocycles. The van der Waals surface area contributed by atoms with Crippen LogP contribution in [0.5, 0.6) is 0 Å². The van der Waals surface area contributed by atoms with Crippen molar-refractivity contribution in [2.24, 2.45) is 0 Å². The lowest BCUT2D eigenvalue weighted by molar-refractivity contribution is 0.155. The first-order valence-electron chi connectivity index (χ1n) is 4.87. The summed E-state index contributed by atoms with van der Waals surface area (Å²) >= 11 is 4.92. The zero-order valence-electron chi connectivity index (χ0n) is 8.95. The molecule has 5 heteroatoms. The number of amides is 1. The molecule has 86 valence electrons. The van der Waals surface area contributed by atoms with Gasteiger partial charge in [-0.1, -0.05) is 19.6 Å². The Balaban J connectivity index is 3.33. The molecule has 0 radical (unpaired) electrons. The Hall–Kier alpha value is -1.10. The summed E-state index contributed by atoms with van der Waals surface area (Å²) in [4.78, 5) is 10.9. The second-order valence-electron chi connectivity index (χ2n) is 2.78. The molecule has 0 aliphatic heterocycles. The minimum atomic E-state index is -0.472. The van der Waals surface area contributed by atoms with Gasteiger partial charge in [0.1, 0.15) is 13.2 Å². The van der Waals surface area contributed by atoms with Crippen molar-refractivity contribution < 1.29 is 14.3 Å². The lowest BCUT2D eigenvalue weighted by Gasteiger charge is -2.07. The van der Waals surface area contributed by atoms with Crippen LogP contribution in [0.25, 0.3) is 0 Å². The molecular formula is C10H17NO3S. The van der Waals surface area contributed by atoms with Gasteiger partial charge in [-0.2, -0.15) is 0 Å². The number of rotatable bonds is 7. The predicted molar refractivity (Wildman–Crippen MR) is 63.0 cm³/mol. The van der Waals surface area contributed by atoms with Crippen LogP contribution in [0, 0.1) is 0 Å². The topological polar surface area (TPSA) is 47.6 Å². The highest BCUT2D eigenvalue weighted by Gasteiger charge is 2.00. The second kappa shape index (κ2) is 9.45. The summed E-state index contributed by atoms with van der Waals surface area (Å²) in [6.45, 7) is 6.43. The maximum absolute atomic E-state index is 10.9. The van der Waals surface area contributed by atoms with Crippen molar-refractivity contribution in [3.63, 3.8) is 0 Å². The fraction of sp³-hybridized carbons (Fsp3) is 0.600. The Morgan fingerprint density at radius 2 is 2.27 bits per heavy atom. The van der Waals surface area contributed by atoms with Gasteiger partial charge in [0.25, 0.3) is 0 Å². The molecule has 4 nitrogen and oxygen atoms in total. The molecular weight excluding hydrogens is 214 g/mol. The van der Waals surface area contributed by atoms with Gasteiger partial charge >= 0.3 is 6.09 Å². The normalized spacial score (nSPS) is 9.13. The van der Waals surface area contributed by atoms with E-state index < -0.39 is 6.09 Å². The number of nitrogens with one attached hydrogen (secondary N) is 1. The second-order valence-corrected chi connectivity index (χ2v) is 3.24. The lowest BCUT2D eigenvalue weighted by Crippen LogP contribution is -2.28. The largest absolute Gasteiger partial charge is 0.485 e. The number of carbonyl (C=O) groups is 1. The van der Waals surface area contributed by atoms with E-state index in [1.807, 2.05) is 6.92 Å². The molecule has 0 bridgehead atoms. The van der Waals surface area contributed by atoms with Gasteiger partial charge in [-0.3, -0.25) is 0 Å². The van der Waals surface area contributed by atoms with Crippen molar-refractivity contribution in [2.45, 2.75) is 19.8 Å². The molecule has 0 fully saturated rings. The van der Waals surface area contributed by atoms with Gasteiger partial charge in [0.05, 0.1) is 6.54 Å². The molecule has 0 saturated carbocycles. The van der Waals surface area contributed by atoms with Crippen LogP contribution < -0.4 is 5.32 Å². The van der Waals surface area contributed by atoms with Crippen molar-refractivity contribution in [3.05, 3.63) is 12.7 Å². The Kier molecular flexibility index (Phi) is 8.76. The van der Waals surface area contributed by atoms with E-state index in [-0.39, 0.29) is 6.61 Å². The third-order valence-electron chi connectivity index (χ3n) is 1.42. The molecule has 1 amide bonds. The third kappa shape index (κ3) is 9.21. The van der Waals surface area contributed by atoms with E-state index >= 15 is 0 Å². The summed E-state index contributed by atoms with van der Waals surface area (Å²) in [5.41, 5.74) is 0. The number of thiocarbonyl (C=S) groups is 1. The summed E-state index contributed by atoms with van der Waals surface area (Å²) in [6.07, 6.45) is 2.77. The molecule has 0 heterocycles. The smallest absolute Gasteiger partial charge is 0.407 e. The SMILES string of the molecule is C=CCOC(=O)NCCOC(=S)CCC. The Morgan fingerprint density at radius 3 is 2.87 bits per heavy atom. The van der Waals surface area contributed by atoms with Crippen molar-refractivity contribution in [2.75, 3.05) is 19.8 Å². The number of hydrogen-bond acceptors (Lipinski definition) is 4. The van der Waals surface area contributed by atoms with Crippen LogP contribution in [0.1, 0.15) is 19.8 Å². The van der Waals surface area contributed by atoms with Gasteiger partial charge in [0.2, 0.25) is 0 Å². The highest BCUT2D eigenvalue weighted by molar-refractivity contribution is 7.80. The van der Waals surface area contributed by atoms with Gasteiger partial charge < -0.3 is 14.8 Å². The summed E-state index contributed by atoms with van der Waals surface area (Å²) < 4.78 is 9.87. The van der Waals surface area contributed by atoms with Crippen LogP contribution >= 0.6 is 12.2 Å². The molecule has 0 spiro atoms. The molecule has 0 aliphatic rings. The van der Waals surface area contributed by atoms with Gasteiger partial charge in [-0.05, 0) is 18.6 Å². The zero-order valence-corrected chi connectivity index (χ0v) is 9.77. The van der Waals surface area contributed by atoms with Crippen LogP contribution in [-0.2, 0) is 9.47 Å². The lowest BCUT2D eigenvalue weighted by atomic mass is 10.4. The van der Waals surface area contributed by atoms with E-state index in [1.165, 1.54) is 6.08 Å². The molecule has 15 heavy (non-hydrogen) atoms. The Bertz CT molecular complexity index is 219. The van der Waals surface area contributed by atoms with E-state index in [0.717, 1.165) is 12.8 Å². The molecule has 0 rings (SSSR count). The van der Waals surface area contributed by atoms with Crippen LogP contribution in [0.3, 0.4) is 0 Å². The number of ether oxygens (including phenoxy) is 2. The molecule has 0 saturated heterocycles. The monoisotopic (exact) mass is 231 g/mol. The summed E-state index contributed by atoms with van der Waals surface area (Å²) in [5.74, 6) is 0. The highest BCUT2D eigenvalue weighted by atomic mass is 32.1. The van der Waals surface area contributed by atoms with Gasteiger partial charge in [-0.25, -0.2) is 4.79 Å². The van der Waals surface area contributed by atoms with Gasteiger partial charge in [0.15, 0.2) is 5.05 Å². The fourth-order valence-corrected chi connectivity index (χ4v) is 1.07. The maximum Gasteiger partial charge on any atom is 0.407 e. The summed E-state index contributed by atoms with van der Waals surface area (Å²) in [6, 6.07) is 0. The van der Waals surface area contributed by atoms with Crippen LogP contribution in [-0.4, -0.2) is 30.9 Å². The minimum absolute atomic E-state index is 0.209. The van der Waals surface area contributed by atoms with Crippen molar-refractivity contribution in [3.8, 4) is 0 Å². The molecule has 0 atom stereocenters. The minimum Gasteiger partial charge on any atom is -0.485 e. The molecule has 0 aromatic carbocycles. The van der Waals surface area contributed by atoms with E-state index in [2.05, 4.69) is 16.6 Å². The summed E-state index contributed by atoms with van der Waals surface area (Å²) in [5, 5.41) is 3.10. The van der Waals surface area contributed by atoms with Crippen molar-refractivity contribution in [1.29, 1.82) is 0 Å². The summed E-state index contributed by atoms with van der Waals surface area (Å²) in [7, 11) is 0. The fourth-order valence-electron chi connectivity index (χ4n) is 0.780. The maximum atomic E-state index is 10.9. The number of alkyl carbamates (subject to hydrolysis) is 1. The highest BCUT2D eigenvalue weighted by Crippen LogP contribution is 1.93. The van der Waals surface area contributed by atoms with E-state index in [9.17, 15) is 4.79 Å². The molecule has 0 unspecified atom stereocenters. The van der Waals surface area contributed by atoms with Crippen LogP contribution in [0.2, 0.25) is 0 Å². The zero-order chi connectivity index (χ0) is 11.5. The first kappa shape index (κ1) is 13.9. The first-order valence-corrected chi connectivity index (χ1v) is 5.28. The number of carbonyl (C=O) groups excluding carboxylic acids is 1. The molecule has 0 aliphatic carbocycles.